The van der Waals surface area contributed by atoms with Crippen LogP contribution in [0.2, 0.25) is 0 Å². The number of methoxy groups -OCH3 is 2. The second kappa shape index (κ2) is 8.24. The van der Waals surface area contributed by atoms with Crippen LogP contribution in [-0.2, 0) is 16.1 Å². The van der Waals surface area contributed by atoms with Crippen molar-refractivity contribution in [2.24, 2.45) is 0 Å². The van der Waals surface area contributed by atoms with E-state index in [-0.39, 0.29) is 6.61 Å². The van der Waals surface area contributed by atoms with Crippen molar-refractivity contribution in [2.45, 2.75) is 19.6 Å². The molecule has 3 aromatic rings. The van der Waals surface area contributed by atoms with Crippen molar-refractivity contribution in [3.8, 4) is 11.5 Å². The Kier molecular flexibility index (Phi) is 5.34. The highest BCUT2D eigenvalue weighted by atomic mass is 16.5. The van der Waals surface area contributed by atoms with E-state index >= 15 is 0 Å². The molecule has 0 aliphatic carbocycles. The lowest BCUT2D eigenvalue weighted by molar-refractivity contribution is -0.140. The van der Waals surface area contributed by atoms with Crippen LogP contribution in [0, 0.1) is 0 Å². The number of nitrogens with zero attached hydrogens (tertiary/aromatic N) is 4. The van der Waals surface area contributed by atoms with Crippen molar-refractivity contribution in [3.05, 3.63) is 70.9 Å². The zero-order valence-corrected chi connectivity index (χ0v) is 16.8. The Morgan fingerprint density at radius 1 is 1.10 bits per heavy atom. The van der Waals surface area contributed by atoms with Crippen LogP contribution in [-0.4, -0.2) is 40.4 Å². The average molecular weight is 407 g/mol. The number of benzene rings is 2. The van der Waals surface area contributed by atoms with Gasteiger partial charge in [0.25, 0.3) is 0 Å². The zero-order valence-electron chi connectivity index (χ0n) is 16.8. The first-order valence-corrected chi connectivity index (χ1v) is 9.31. The number of aromatic nitrogens is 4. The van der Waals surface area contributed by atoms with Gasteiger partial charge in [0, 0.05) is 11.3 Å². The first-order valence-electron chi connectivity index (χ1n) is 9.31. The van der Waals surface area contributed by atoms with E-state index in [9.17, 15) is 4.79 Å². The van der Waals surface area contributed by atoms with Crippen LogP contribution in [0.5, 0.6) is 11.5 Å². The lowest BCUT2D eigenvalue weighted by Gasteiger charge is -2.28. The summed E-state index contributed by atoms with van der Waals surface area (Å²) in [5.74, 6) is 0.981. The van der Waals surface area contributed by atoms with Gasteiger partial charge in [-0.2, -0.15) is 4.68 Å². The maximum absolute atomic E-state index is 13.2. The molecule has 0 amide bonds. The van der Waals surface area contributed by atoms with Gasteiger partial charge in [-0.05, 0) is 29.0 Å². The van der Waals surface area contributed by atoms with E-state index < -0.39 is 12.0 Å². The van der Waals surface area contributed by atoms with Gasteiger partial charge in [0.2, 0.25) is 5.95 Å². The summed E-state index contributed by atoms with van der Waals surface area (Å²) in [5, 5.41) is 14.9. The number of anilines is 1. The van der Waals surface area contributed by atoms with Gasteiger partial charge in [-0.1, -0.05) is 47.6 Å². The molecule has 0 spiro atoms. The lowest BCUT2D eigenvalue weighted by Crippen LogP contribution is -2.30. The summed E-state index contributed by atoms with van der Waals surface area (Å²) in [6, 6.07) is 14.3. The molecule has 1 aliphatic heterocycles. The van der Waals surface area contributed by atoms with Crippen LogP contribution in [0.25, 0.3) is 0 Å². The minimum Gasteiger partial charge on any atom is -0.493 e. The molecule has 0 saturated carbocycles. The normalized spacial score (nSPS) is 15.2. The fraction of sp³-hybridized carbons (Fsp3) is 0.238. The Hall–Kier alpha value is -3.88. The summed E-state index contributed by atoms with van der Waals surface area (Å²) < 4.78 is 18.2. The largest absolute Gasteiger partial charge is 0.493 e. The number of hydrogen-bond acceptors (Lipinski definition) is 8. The Labute approximate surface area is 173 Å². The van der Waals surface area contributed by atoms with E-state index in [2.05, 4.69) is 20.8 Å². The molecule has 30 heavy (non-hydrogen) atoms. The van der Waals surface area contributed by atoms with Crippen LogP contribution in [0.15, 0.2) is 59.8 Å². The molecule has 0 bridgehead atoms. The number of allylic oxidation sites excluding steroid dienone is 1. The number of esters is 1. The minimum atomic E-state index is -0.649. The highest BCUT2D eigenvalue weighted by molar-refractivity contribution is 5.92. The number of carbonyl (C=O) groups is 1. The summed E-state index contributed by atoms with van der Waals surface area (Å²) in [6.45, 7) is 1.94. The molecule has 9 nitrogen and oxygen atoms in total. The maximum atomic E-state index is 13.2. The van der Waals surface area contributed by atoms with Gasteiger partial charge in [-0.3, -0.25) is 0 Å². The number of hydrogen-bond donors (Lipinski definition) is 1. The van der Waals surface area contributed by atoms with E-state index in [1.54, 1.807) is 27.2 Å². The molecule has 0 saturated heterocycles. The maximum Gasteiger partial charge on any atom is 0.338 e. The highest BCUT2D eigenvalue weighted by Crippen LogP contribution is 2.42. The number of carbonyl (C=O) groups excluding carboxylic acids is 1. The molecular formula is C21H21N5O4. The van der Waals surface area contributed by atoms with Crippen molar-refractivity contribution in [2.75, 3.05) is 19.5 Å². The van der Waals surface area contributed by atoms with Crippen LogP contribution < -0.4 is 14.8 Å². The number of ether oxygens (including phenoxy) is 3. The monoisotopic (exact) mass is 407 g/mol. The van der Waals surface area contributed by atoms with Crippen molar-refractivity contribution in [3.63, 3.8) is 0 Å². The first kappa shape index (κ1) is 19.4. The smallest absolute Gasteiger partial charge is 0.338 e. The topological polar surface area (TPSA) is 100 Å². The first-order chi connectivity index (χ1) is 14.6. The Morgan fingerprint density at radius 3 is 2.63 bits per heavy atom. The van der Waals surface area contributed by atoms with Crippen LogP contribution in [0.4, 0.5) is 5.95 Å². The van der Waals surface area contributed by atoms with Crippen molar-refractivity contribution < 1.29 is 19.0 Å². The molecule has 9 heteroatoms. The number of tetrazole rings is 1. The average Bonchev–Trinajstić information content (AvgIpc) is 3.24. The van der Waals surface area contributed by atoms with Gasteiger partial charge in [-0.15, -0.1) is 0 Å². The number of nitrogens with one attached hydrogen (secondary N) is 1. The van der Waals surface area contributed by atoms with Gasteiger partial charge in [0.1, 0.15) is 12.6 Å². The third-order valence-corrected chi connectivity index (χ3v) is 4.87. The molecule has 1 aromatic heterocycles. The van der Waals surface area contributed by atoms with Crippen LogP contribution in [0.1, 0.15) is 24.1 Å². The molecule has 1 aliphatic rings. The summed E-state index contributed by atoms with van der Waals surface area (Å²) in [4.78, 5) is 13.2. The number of rotatable bonds is 6. The van der Waals surface area contributed by atoms with Gasteiger partial charge >= 0.3 is 5.97 Å². The second-order valence-corrected chi connectivity index (χ2v) is 6.66. The van der Waals surface area contributed by atoms with Gasteiger partial charge < -0.3 is 19.5 Å². The van der Waals surface area contributed by atoms with Crippen molar-refractivity contribution in [1.82, 2.24) is 20.2 Å². The summed E-state index contributed by atoms with van der Waals surface area (Å²) >= 11 is 0. The van der Waals surface area contributed by atoms with Crippen molar-refractivity contribution >= 4 is 11.9 Å². The van der Waals surface area contributed by atoms with E-state index in [1.165, 1.54) is 4.68 Å². The predicted molar refractivity (Wildman–Crippen MR) is 108 cm³/mol. The SMILES string of the molecule is COc1cccc([C@@H]2C(C(=O)OCc3ccccc3)=C(C)Nc3nnnn32)c1OC. The highest BCUT2D eigenvalue weighted by Gasteiger charge is 2.37. The molecule has 2 aromatic carbocycles. The zero-order chi connectivity index (χ0) is 21.1. The molecule has 4 rings (SSSR count). The molecule has 0 unspecified atom stereocenters. The van der Waals surface area contributed by atoms with Crippen molar-refractivity contribution in [1.29, 1.82) is 0 Å². The van der Waals surface area contributed by atoms with E-state index in [1.807, 2.05) is 42.5 Å². The molecule has 154 valence electrons. The van der Waals surface area contributed by atoms with Gasteiger partial charge in [0.05, 0.1) is 19.8 Å². The molecule has 0 fully saturated rings. The summed E-state index contributed by atoms with van der Waals surface area (Å²) in [7, 11) is 3.11. The van der Waals surface area contributed by atoms with Gasteiger partial charge in [0.15, 0.2) is 11.5 Å². The molecular weight excluding hydrogens is 386 g/mol. The quantitative estimate of drug-likeness (QED) is 0.623. The third-order valence-electron chi connectivity index (χ3n) is 4.87. The number of fused-ring (bicyclic) bond motifs is 1. The summed E-state index contributed by atoms with van der Waals surface area (Å²) in [6.07, 6.45) is 0. The Morgan fingerprint density at radius 2 is 1.90 bits per heavy atom. The fourth-order valence-electron chi connectivity index (χ4n) is 3.49. The Bertz CT molecular complexity index is 1090. The van der Waals surface area contributed by atoms with Crippen LogP contribution >= 0.6 is 0 Å². The standard InChI is InChI=1S/C21H21N5O4/c1-13-17(20(27)30-12-14-8-5-4-6-9-14)18(26-21(22-13)23-24-25-26)15-10-7-11-16(28-2)19(15)29-3/h4-11,18H,12H2,1-3H3,(H,22,23,25)/t18-/m1/s1. The van der Waals surface area contributed by atoms with E-state index in [0.29, 0.717) is 34.3 Å². The third kappa shape index (κ3) is 3.45. The minimum absolute atomic E-state index is 0.154. The van der Waals surface area contributed by atoms with E-state index in [4.69, 9.17) is 14.2 Å². The fourth-order valence-corrected chi connectivity index (χ4v) is 3.49. The Balaban J connectivity index is 1.76. The molecule has 0 radical (unpaired) electrons. The molecule has 1 N–H and O–H groups in total. The lowest BCUT2D eigenvalue weighted by atomic mass is 9.94. The van der Waals surface area contributed by atoms with Gasteiger partial charge in [-0.25, -0.2) is 4.79 Å². The summed E-state index contributed by atoms with van der Waals surface area (Å²) in [5.41, 5.74) is 2.56. The molecule has 2 heterocycles. The van der Waals surface area contributed by atoms with E-state index in [0.717, 1.165) is 5.56 Å². The second-order valence-electron chi connectivity index (χ2n) is 6.66. The number of para-hydroxylation sites is 1. The molecule has 1 atom stereocenters. The van der Waals surface area contributed by atoms with Crippen LogP contribution in [0.3, 0.4) is 0 Å². The predicted octanol–water partition coefficient (Wildman–Crippen LogP) is 2.72.